The van der Waals surface area contributed by atoms with Gasteiger partial charge in [0.2, 0.25) is 0 Å². The van der Waals surface area contributed by atoms with Gasteiger partial charge in [0.25, 0.3) is 5.91 Å². The van der Waals surface area contributed by atoms with Gasteiger partial charge in [-0.05, 0) is 58.2 Å². The fraction of sp³-hybridized carbons (Fsp3) is 0.133. The van der Waals surface area contributed by atoms with Gasteiger partial charge in [-0.15, -0.1) is 11.6 Å². The van der Waals surface area contributed by atoms with Gasteiger partial charge in [0.1, 0.15) is 5.82 Å². The smallest absolute Gasteiger partial charge is 0.255 e. The van der Waals surface area contributed by atoms with Crippen LogP contribution in [0.4, 0.5) is 10.1 Å². The molecule has 1 amide bonds. The third kappa shape index (κ3) is 3.38. The van der Waals surface area contributed by atoms with Crippen LogP contribution in [0.15, 0.2) is 40.9 Å². The van der Waals surface area contributed by atoms with Crippen molar-refractivity contribution in [3.8, 4) is 0 Å². The van der Waals surface area contributed by atoms with Gasteiger partial charge in [0, 0.05) is 17.1 Å². The van der Waals surface area contributed by atoms with Crippen LogP contribution in [-0.2, 0) is 5.88 Å². The Balaban J connectivity index is 2.25. The van der Waals surface area contributed by atoms with E-state index >= 15 is 0 Å². The van der Waals surface area contributed by atoms with E-state index in [0.29, 0.717) is 27.2 Å². The fourth-order valence-corrected chi connectivity index (χ4v) is 2.28. The van der Waals surface area contributed by atoms with E-state index in [1.54, 1.807) is 31.2 Å². The standard InChI is InChI=1S/C15H12BrClFNO/c1-9-5-13(18)12(16)7-14(9)19-15(20)11-4-2-3-10(6-11)8-17/h2-7H,8H2,1H3,(H,19,20). The Morgan fingerprint density at radius 2 is 2.10 bits per heavy atom. The lowest BCUT2D eigenvalue weighted by Crippen LogP contribution is -2.13. The first-order valence-electron chi connectivity index (χ1n) is 5.93. The number of anilines is 1. The fourth-order valence-electron chi connectivity index (χ4n) is 1.77. The van der Waals surface area contributed by atoms with Crippen LogP contribution in [0.5, 0.6) is 0 Å². The molecule has 0 atom stereocenters. The number of nitrogens with one attached hydrogen (secondary N) is 1. The maximum Gasteiger partial charge on any atom is 0.255 e. The summed E-state index contributed by atoms with van der Waals surface area (Å²) in [6, 6.07) is 9.99. The second-order valence-electron chi connectivity index (χ2n) is 4.37. The van der Waals surface area contributed by atoms with E-state index in [-0.39, 0.29) is 11.7 Å². The molecule has 0 aliphatic carbocycles. The molecule has 1 N–H and O–H groups in total. The lowest BCUT2D eigenvalue weighted by atomic mass is 10.1. The molecule has 0 unspecified atom stereocenters. The maximum atomic E-state index is 13.3. The predicted molar refractivity (Wildman–Crippen MR) is 82.8 cm³/mol. The molecule has 0 bridgehead atoms. The molecule has 0 fully saturated rings. The number of hydrogen-bond acceptors (Lipinski definition) is 1. The zero-order valence-corrected chi connectivity index (χ0v) is 13.1. The van der Waals surface area contributed by atoms with E-state index in [9.17, 15) is 9.18 Å². The molecule has 2 rings (SSSR count). The summed E-state index contributed by atoms with van der Waals surface area (Å²) in [5.41, 5.74) is 2.62. The normalized spacial score (nSPS) is 10.4. The van der Waals surface area contributed by atoms with Crippen molar-refractivity contribution in [1.29, 1.82) is 0 Å². The molecular formula is C15H12BrClFNO. The topological polar surface area (TPSA) is 29.1 Å². The number of benzene rings is 2. The molecule has 0 saturated carbocycles. The second kappa shape index (κ2) is 6.37. The largest absolute Gasteiger partial charge is 0.322 e. The van der Waals surface area contributed by atoms with Crippen LogP contribution in [0.2, 0.25) is 0 Å². The molecule has 2 nitrogen and oxygen atoms in total. The van der Waals surface area contributed by atoms with Gasteiger partial charge >= 0.3 is 0 Å². The average Bonchev–Trinajstić information content (AvgIpc) is 2.44. The molecule has 0 aliphatic heterocycles. The highest BCUT2D eigenvalue weighted by Crippen LogP contribution is 2.24. The van der Waals surface area contributed by atoms with E-state index in [1.807, 2.05) is 6.07 Å². The molecule has 0 aromatic heterocycles. The van der Waals surface area contributed by atoms with Crippen LogP contribution in [-0.4, -0.2) is 5.91 Å². The van der Waals surface area contributed by atoms with Crippen molar-refractivity contribution in [3.05, 3.63) is 63.4 Å². The second-order valence-corrected chi connectivity index (χ2v) is 5.49. The van der Waals surface area contributed by atoms with Crippen LogP contribution >= 0.6 is 27.5 Å². The summed E-state index contributed by atoms with van der Waals surface area (Å²) in [5, 5.41) is 2.77. The first-order valence-corrected chi connectivity index (χ1v) is 7.26. The average molecular weight is 357 g/mol. The molecule has 5 heteroatoms. The minimum absolute atomic E-state index is 0.251. The molecule has 104 valence electrons. The number of carbonyl (C=O) groups excluding carboxylic acids is 1. The van der Waals surface area contributed by atoms with Crippen molar-refractivity contribution in [3.63, 3.8) is 0 Å². The molecule has 0 saturated heterocycles. The Morgan fingerprint density at radius 3 is 2.80 bits per heavy atom. The SMILES string of the molecule is Cc1cc(F)c(Br)cc1NC(=O)c1cccc(CCl)c1. The van der Waals surface area contributed by atoms with E-state index in [0.717, 1.165) is 5.56 Å². The zero-order chi connectivity index (χ0) is 14.7. The van der Waals surface area contributed by atoms with Crippen LogP contribution in [0.3, 0.4) is 0 Å². The molecule has 2 aromatic rings. The van der Waals surface area contributed by atoms with Gasteiger partial charge in [-0.3, -0.25) is 4.79 Å². The van der Waals surface area contributed by atoms with Crippen LogP contribution in [0.1, 0.15) is 21.5 Å². The van der Waals surface area contributed by atoms with Crippen LogP contribution in [0.25, 0.3) is 0 Å². The lowest BCUT2D eigenvalue weighted by Gasteiger charge is -2.10. The summed E-state index contributed by atoms with van der Waals surface area (Å²) in [4.78, 5) is 12.2. The number of amides is 1. The molecule has 20 heavy (non-hydrogen) atoms. The first kappa shape index (κ1) is 15.0. The Kier molecular flexibility index (Phi) is 4.78. The van der Waals surface area contributed by atoms with E-state index in [2.05, 4.69) is 21.2 Å². The third-order valence-corrected chi connectivity index (χ3v) is 3.78. The quantitative estimate of drug-likeness (QED) is 0.780. The van der Waals surface area contributed by atoms with Crippen molar-refractivity contribution in [1.82, 2.24) is 0 Å². The molecule has 0 spiro atoms. The molecular weight excluding hydrogens is 345 g/mol. The lowest BCUT2D eigenvalue weighted by molar-refractivity contribution is 0.102. The maximum absolute atomic E-state index is 13.3. The number of rotatable bonds is 3. The van der Waals surface area contributed by atoms with Gasteiger partial charge in [-0.2, -0.15) is 0 Å². The summed E-state index contributed by atoms with van der Waals surface area (Å²) in [6.45, 7) is 1.74. The van der Waals surface area contributed by atoms with Crippen molar-refractivity contribution in [2.24, 2.45) is 0 Å². The van der Waals surface area contributed by atoms with Crippen molar-refractivity contribution in [2.75, 3.05) is 5.32 Å². The molecule has 2 aromatic carbocycles. The number of alkyl halides is 1. The van der Waals surface area contributed by atoms with E-state index in [4.69, 9.17) is 11.6 Å². The Morgan fingerprint density at radius 1 is 1.35 bits per heavy atom. The minimum Gasteiger partial charge on any atom is -0.322 e. The summed E-state index contributed by atoms with van der Waals surface area (Å²) < 4.78 is 13.7. The Hall–Kier alpha value is -1.39. The van der Waals surface area contributed by atoms with Crippen molar-refractivity contribution < 1.29 is 9.18 Å². The van der Waals surface area contributed by atoms with Gasteiger partial charge in [0.05, 0.1) is 4.47 Å². The Labute approximate surface area is 130 Å². The highest BCUT2D eigenvalue weighted by Gasteiger charge is 2.10. The van der Waals surface area contributed by atoms with Gasteiger partial charge in [-0.25, -0.2) is 4.39 Å². The zero-order valence-electron chi connectivity index (χ0n) is 10.7. The van der Waals surface area contributed by atoms with Gasteiger partial charge in [0.15, 0.2) is 0 Å². The molecule has 0 aliphatic rings. The van der Waals surface area contributed by atoms with Gasteiger partial charge < -0.3 is 5.32 Å². The number of carbonyl (C=O) groups is 1. The monoisotopic (exact) mass is 355 g/mol. The van der Waals surface area contributed by atoms with E-state index in [1.165, 1.54) is 6.07 Å². The summed E-state index contributed by atoms with van der Waals surface area (Å²) in [7, 11) is 0. The summed E-state index contributed by atoms with van der Waals surface area (Å²) in [6.07, 6.45) is 0. The summed E-state index contributed by atoms with van der Waals surface area (Å²) >= 11 is 8.85. The van der Waals surface area contributed by atoms with Gasteiger partial charge in [-0.1, -0.05) is 12.1 Å². The van der Waals surface area contributed by atoms with E-state index < -0.39 is 0 Å². The molecule has 0 heterocycles. The Bertz CT molecular complexity index is 660. The highest BCUT2D eigenvalue weighted by molar-refractivity contribution is 9.10. The summed E-state index contributed by atoms with van der Waals surface area (Å²) in [5.74, 6) is -0.259. The predicted octanol–water partition coefficient (Wildman–Crippen LogP) is 4.89. The highest BCUT2D eigenvalue weighted by atomic mass is 79.9. The number of halogens is 3. The molecule has 0 radical (unpaired) electrons. The first-order chi connectivity index (χ1) is 9.51. The van der Waals surface area contributed by atoms with Crippen LogP contribution in [0, 0.1) is 12.7 Å². The van der Waals surface area contributed by atoms with Crippen molar-refractivity contribution >= 4 is 39.1 Å². The number of aryl methyl sites for hydroxylation is 1. The number of hydrogen-bond donors (Lipinski definition) is 1. The minimum atomic E-state index is -0.357. The third-order valence-electron chi connectivity index (χ3n) is 2.86. The van der Waals surface area contributed by atoms with Crippen molar-refractivity contribution in [2.45, 2.75) is 12.8 Å². The van der Waals surface area contributed by atoms with Crippen LogP contribution < -0.4 is 5.32 Å².